The Morgan fingerprint density at radius 3 is 2.48 bits per heavy atom. The number of para-hydroxylation sites is 1. The van der Waals surface area contributed by atoms with Crippen LogP contribution in [0.1, 0.15) is 24.2 Å². The molecule has 0 atom stereocenters. The lowest BCUT2D eigenvalue weighted by atomic mass is 10.1. The number of hydrogen-bond acceptors (Lipinski definition) is 3. The lowest BCUT2D eigenvalue weighted by molar-refractivity contribution is 0.0950. The molecule has 0 aliphatic rings. The average Bonchev–Trinajstić information content (AvgIpc) is 2.62. The molecular weight excluding hydrogens is 496 g/mol. The van der Waals surface area contributed by atoms with Crippen molar-refractivity contribution in [2.45, 2.75) is 13.8 Å². The molecule has 1 N–H and O–H groups in total. The first-order valence-corrected chi connectivity index (χ1v) is 9.69. The molecule has 0 saturated carbocycles. The second-order valence-corrected chi connectivity index (χ2v) is 7.23. The molecule has 3 aromatic rings. The molecule has 1 amide bonds. The maximum absolute atomic E-state index is 12.7. The average molecular weight is 520 g/mol. The van der Waals surface area contributed by atoms with Crippen molar-refractivity contribution < 1.29 is 4.79 Å². The van der Waals surface area contributed by atoms with Crippen LogP contribution < -0.4 is 5.32 Å². The third-order valence-electron chi connectivity index (χ3n) is 4.44. The molecule has 1 heterocycles. The van der Waals surface area contributed by atoms with E-state index < -0.39 is 0 Å². The first-order valence-electron chi connectivity index (χ1n) is 8.62. The number of aromatic nitrogens is 1. The van der Waals surface area contributed by atoms with Crippen LogP contribution in [0.3, 0.4) is 0 Å². The molecule has 0 spiro atoms. The maximum Gasteiger partial charge on any atom is 0.253 e. The van der Waals surface area contributed by atoms with Crippen molar-refractivity contribution in [2.24, 2.45) is 0 Å². The Kier molecular flexibility index (Phi) is 9.73. The van der Waals surface area contributed by atoms with Gasteiger partial charge >= 0.3 is 0 Å². The predicted molar refractivity (Wildman–Crippen MR) is 127 cm³/mol. The second-order valence-electron chi connectivity index (χ2n) is 5.99. The first kappa shape index (κ1) is 23.9. The number of benzene rings is 2. The van der Waals surface area contributed by atoms with Crippen LogP contribution in [-0.2, 0) is 0 Å². The van der Waals surface area contributed by atoms with Gasteiger partial charge in [-0.1, -0.05) is 32.0 Å². The summed E-state index contributed by atoms with van der Waals surface area (Å²) in [5.41, 5.74) is 2.32. The highest BCUT2D eigenvalue weighted by molar-refractivity contribution is 14.1. The molecule has 3 rings (SSSR count). The number of nitrogens with one attached hydrogen (secondary N) is 1. The van der Waals surface area contributed by atoms with E-state index in [0.717, 1.165) is 45.0 Å². The molecular formula is C20H24Cl2IN3O. The predicted octanol–water partition coefficient (Wildman–Crippen LogP) is 4.91. The van der Waals surface area contributed by atoms with Crippen molar-refractivity contribution >= 4 is 75.1 Å². The van der Waals surface area contributed by atoms with Gasteiger partial charge in [-0.25, -0.2) is 4.98 Å². The van der Waals surface area contributed by atoms with Crippen LogP contribution in [0.2, 0.25) is 0 Å². The number of amides is 1. The number of fused-ring (bicyclic) bond motifs is 2. The Bertz CT molecular complexity index is 916. The van der Waals surface area contributed by atoms with Crippen molar-refractivity contribution in [3.63, 3.8) is 0 Å². The number of carbonyl (C=O) groups is 1. The minimum atomic E-state index is -0.0570. The SMILES string of the molecule is CCN(CC)CCNC(=O)c1cc(I)cc2cc3ccccc3nc12.Cl.Cl. The molecule has 0 unspecified atom stereocenters. The quantitative estimate of drug-likeness (QED) is 0.372. The molecule has 0 aliphatic heterocycles. The zero-order chi connectivity index (χ0) is 17.8. The summed E-state index contributed by atoms with van der Waals surface area (Å²) in [7, 11) is 0. The number of likely N-dealkylation sites (N-methyl/N-ethyl adjacent to an activating group) is 1. The highest BCUT2D eigenvalue weighted by atomic mass is 127. The van der Waals surface area contributed by atoms with E-state index in [9.17, 15) is 4.79 Å². The van der Waals surface area contributed by atoms with E-state index in [4.69, 9.17) is 4.98 Å². The summed E-state index contributed by atoms with van der Waals surface area (Å²) < 4.78 is 1.04. The number of rotatable bonds is 6. The number of nitrogens with zero attached hydrogens (tertiary/aromatic N) is 2. The summed E-state index contributed by atoms with van der Waals surface area (Å²) in [5, 5.41) is 5.13. The highest BCUT2D eigenvalue weighted by Gasteiger charge is 2.13. The fourth-order valence-electron chi connectivity index (χ4n) is 2.99. The van der Waals surface area contributed by atoms with Gasteiger partial charge in [0.05, 0.1) is 16.6 Å². The van der Waals surface area contributed by atoms with Crippen molar-refractivity contribution in [3.8, 4) is 0 Å². The summed E-state index contributed by atoms with van der Waals surface area (Å²) in [4.78, 5) is 19.8. The summed E-state index contributed by atoms with van der Waals surface area (Å²) in [6.07, 6.45) is 0. The van der Waals surface area contributed by atoms with Gasteiger partial charge in [-0.05, 0) is 59.9 Å². The van der Waals surface area contributed by atoms with E-state index in [1.54, 1.807) is 0 Å². The zero-order valence-electron chi connectivity index (χ0n) is 15.4. The lowest BCUT2D eigenvalue weighted by Crippen LogP contribution is -2.34. The molecule has 7 heteroatoms. The fraction of sp³-hybridized carbons (Fsp3) is 0.300. The van der Waals surface area contributed by atoms with E-state index in [-0.39, 0.29) is 30.7 Å². The first-order chi connectivity index (χ1) is 12.1. The lowest BCUT2D eigenvalue weighted by Gasteiger charge is -2.18. The summed E-state index contributed by atoms with van der Waals surface area (Å²) in [6.45, 7) is 7.75. The van der Waals surface area contributed by atoms with Gasteiger partial charge in [-0.3, -0.25) is 4.79 Å². The summed E-state index contributed by atoms with van der Waals surface area (Å²) in [6, 6.07) is 14.1. The topological polar surface area (TPSA) is 45.2 Å². The Morgan fingerprint density at radius 2 is 1.78 bits per heavy atom. The van der Waals surface area contributed by atoms with Gasteiger partial charge < -0.3 is 10.2 Å². The van der Waals surface area contributed by atoms with E-state index in [1.807, 2.05) is 30.3 Å². The Morgan fingerprint density at radius 1 is 1.07 bits per heavy atom. The van der Waals surface area contributed by atoms with E-state index >= 15 is 0 Å². The van der Waals surface area contributed by atoms with Gasteiger partial charge in [0.2, 0.25) is 0 Å². The molecule has 0 bridgehead atoms. The molecule has 2 aromatic carbocycles. The molecule has 1 aromatic heterocycles. The molecule has 0 aliphatic carbocycles. The number of pyridine rings is 1. The van der Waals surface area contributed by atoms with Crippen molar-refractivity contribution in [1.82, 2.24) is 15.2 Å². The Balaban J connectivity index is 0.00000182. The minimum absolute atomic E-state index is 0. The Hall–Kier alpha value is -1.15. The normalized spacial score (nSPS) is 10.5. The van der Waals surface area contributed by atoms with Crippen molar-refractivity contribution in [3.05, 3.63) is 51.6 Å². The minimum Gasteiger partial charge on any atom is -0.351 e. The van der Waals surface area contributed by atoms with Crippen LogP contribution in [0.4, 0.5) is 0 Å². The fourth-order valence-corrected chi connectivity index (χ4v) is 3.64. The van der Waals surface area contributed by atoms with Gasteiger partial charge in [-0.2, -0.15) is 0 Å². The van der Waals surface area contributed by atoms with Crippen molar-refractivity contribution in [2.75, 3.05) is 26.2 Å². The van der Waals surface area contributed by atoms with Crippen LogP contribution in [0.15, 0.2) is 42.5 Å². The number of carbonyl (C=O) groups excluding carboxylic acids is 1. The molecule has 0 saturated heterocycles. The molecule has 4 nitrogen and oxygen atoms in total. The van der Waals surface area contributed by atoms with Crippen LogP contribution in [-0.4, -0.2) is 42.0 Å². The summed E-state index contributed by atoms with van der Waals surface area (Å²) >= 11 is 2.25. The van der Waals surface area contributed by atoms with Crippen LogP contribution in [0.25, 0.3) is 21.8 Å². The third-order valence-corrected chi connectivity index (χ3v) is 5.06. The second kappa shape index (κ2) is 11.0. The van der Waals surface area contributed by atoms with Crippen LogP contribution in [0.5, 0.6) is 0 Å². The number of hydrogen-bond donors (Lipinski definition) is 1. The Labute approximate surface area is 186 Å². The van der Waals surface area contributed by atoms with Gasteiger partial charge in [0.1, 0.15) is 0 Å². The van der Waals surface area contributed by atoms with Gasteiger partial charge in [-0.15, -0.1) is 24.8 Å². The number of halogens is 3. The van der Waals surface area contributed by atoms with Gasteiger partial charge in [0.15, 0.2) is 0 Å². The zero-order valence-corrected chi connectivity index (χ0v) is 19.2. The largest absolute Gasteiger partial charge is 0.351 e. The molecule has 146 valence electrons. The van der Waals surface area contributed by atoms with Gasteiger partial charge in [0.25, 0.3) is 5.91 Å². The maximum atomic E-state index is 12.7. The molecule has 0 radical (unpaired) electrons. The van der Waals surface area contributed by atoms with E-state index in [2.05, 4.69) is 58.8 Å². The summed E-state index contributed by atoms with van der Waals surface area (Å²) in [5.74, 6) is -0.0570. The van der Waals surface area contributed by atoms with Crippen LogP contribution in [0, 0.1) is 3.57 Å². The smallest absolute Gasteiger partial charge is 0.253 e. The monoisotopic (exact) mass is 519 g/mol. The third kappa shape index (κ3) is 5.67. The standard InChI is InChI=1S/C20H22IN3O.2ClH/c1-3-24(4-2)10-9-22-20(25)17-13-16(21)12-15-11-14-7-5-6-8-18(14)23-19(15)17;;/h5-8,11-13H,3-4,9-10H2,1-2H3,(H,22,25);2*1H. The highest BCUT2D eigenvalue weighted by Crippen LogP contribution is 2.25. The van der Waals surface area contributed by atoms with E-state index in [0.29, 0.717) is 12.1 Å². The van der Waals surface area contributed by atoms with Crippen LogP contribution >= 0.6 is 47.4 Å². The van der Waals surface area contributed by atoms with Crippen molar-refractivity contribution in [1.29, 1.82) is 0 Å². The van der Waals surface area contributed by atoms with E-state index in [1.165, 1.54) is 0 Å². The molecule has 27 heavy (non-hydrogen) atoms. The van der Waals surface area contributed by atoms with Gasteiger partial charge in [0, 0.05) is 27.4 Å². The molecule has 0 fully saturated rings.